The molecule has 0 atom stereocenters. The number of imidazole rings is 1. The summed E-state index contributed by atoms with van der Waals surface area (Å²) < 4.78 is 2.29. The third-order valence-corrected chi connectivity index (χ3v) is 10.3. The SMILES string of the molecule is C#C/C=C\C(=C/C)c1nc(-c2ccccc2)n(-c2ccc(-c3c4ccccc4c(-c4ccc5ccccc5c4)c4ccccc34)cc2)c1-c1ccccc1. The first-order valence-corrected chi connectivity index (χ1v) is 18.3. The molecule has 0 aliphatic heterocycles. The van der Waals surface area contributed by atoms with Crippen LogP contribution in [0.3, 0.4) is 0 Å². The molecule has 0 fully saturated rings. The molecule has 0 saturated carbocycles. The van der Waals surface area contributed by atoms with E-state index in [4.69, 9.17) is 11.4 Å². The smallest absolute Gasteiger partial charge is 0.145 e. The van der Waals surface area contributed by atoms with Crippen LogP contribution in [0.4, 0.5) is 0 Å². The maximum atomic E-state index is 5.68. The monoisotopic (exact) mass is 688 g/mol. The van der Waals surface area contributed by atoms with Crippen molar-refractivity contribution in [2.24, 2.45) is 0 Å². The Bertz CT molecular complexity index is 2860. The van der Waals surface area contributed by atoms with Gasteiger partial charge in [-0.25, -0.2) is 4.98 Å². The third kappa shape index (κ3) is 5.70. The van der Waals surface area contributed by atoms with Crippen molar-refractivity contribution in [2.45, 2.75) is 6.92 Å². The largest absolute Gasteiger partial charge is 0.292 e. The summed E-state index contributed by atoms with van der Waals surface area (Å²) in [4.78, 5) is 5.35. The summed E-state index contributed by atoms with van der Waals surface area (Å²) in [6, 6.07) is 63.0. The van der Waals surface area contributed by atoms with Gasteiger partial charge in [-0.05, 0) is 97.4 Å². The zero-order valence-corrected chi connectivity index (χ0v) is 29.9. The van der Waals surface area contributed by atoms with Gasteiger partial charge in [-0.15, -0.1) is 6.42 Å². The van der Waals surface area contributed by atoms with E-state index in [1.807, 2.05) is 25.1 Å². The number of hydrogen-bond acceptors (Lipinski definition) is 1. The lowest BCUT2D eigenvalue weighted by Crippen LogP contribution is -2.01. The fourth-order valence-corrected chi connectivity index (χ4v) is 7.84. The van der Waals surface area contributed by atoms with E-state index in [1.165, 1.54) is 49.0 Å². The van der Waals surface area contributed by atoms with E-state index in [0.29, 0.717) is 0 Å². The van der Waals surface area contributed by atoms with Gasteiger partial charge < -0.3 is 0 Å². The van der Waals surface area contributed by atoms with Crippen LogP contribution in [0.25, 0.3) is 88.5 Å². The van der Waals surface area contributed by atoms with Gasteiger partial charge in [-0.2, -0.15) is 0 Å². The highest BCUT2D eigenvalue weighted by atomic mass is 15.1. The topological polar surface area (TPSA) is 17.8 Å². The summed E-state index contributed by atoms with van der Waals surface area (Å²) >= 11 is 0. The summed E-state index contributed by atoms with van der Waals surface area (Å²) in [5.74, 6) is 3.52. The number of aromatic nitrogens is 2. The normalized spacial score (nSPS) is 11.8. The Morgan fingerprint density at radius 2 is 1.06 bits per heavy atom. The fourth-order valence-electron chi connectivity index (χ4n) is 7.84. The summed E-state index contributed by atoms with van der Waals surface area (Å²) in [6.07, 6.45) is 11.5. The van der Waals surface area contributed by atoms with Crippen molar-refractivity contribution in [3.05, 3.63) is 200 Å². The number of fused-ring (bicyclic) bond motifs is 3. The van der Waals surface area contributed by atoms with Crippen molar-refractivity contribution in [3.63, 3.8) is 0 Å². The molecule has 1 aromatic heterocycles. The van der Waals surface area contributed by atoms with Gasteiger partial charge in [-0.3, -0.25) is 4.57 Å². The molecule has 2 heteroatoms. The Hall–Kier alpha value is -7.21. The number of terminal acetylenes is 1. The number of hydrogen-bond donors (Lipinski definition) is 0. The van der Waals surface area contributed by atoms with E-state index in [-0.39, 0.29) is 0 Å². The van der Waals surface area contributed by atoms with Crippen LogP contribution in [-0.4, -0.2) is 9.55 Å². The van der Waals surface area contributed by atoms with Gasteiger partial charge >= 0.3 is 0 Å². The lowest BCUT2D eigenvalue weighted by Gasteiger charge is -2.19. The van der Waals surface area contributed by atoms with E-state index >= 15 is 0 Å². The molecule has 0 unspecified atom stereocenters. The molecule has 0 saturated heterocycles. The van der Waals surface area contributed by atoms with E-state index in [0.717, 1.165) is 45.2 Å². The van der Waals surface area contributed by atoms with Crippen LogP contribution < -0.4 is 0 Å². The molecule has 0 radical (unpaired) electrons. The summed E-state index contributed by atoms with van der Waals surface area (Å²) in [5, 5.41) is 7.41. The molecule has 0 aliphatic rings. The molecule has 8 aromatic carbocycles. The summed E-state index contributed by atoms with van der Waals surface area (Å²) in [5.41, 5.74) is 10.8. The van der Waals surface area contributed by atoms with E-state index in [1.54, 1.807) is 6.08 Å². The van der Waals surface area contributed by atoms with Gasteiger partial charge in [-0.1, -0.05) is 170 Å². The Labute approximate surface area is 316 Å². The van der Waals surface area contributed by atoms with Crippen molar-refractivity contribution in [1.82, 2.24) is 9.55 Å². The molecule has 9 rings (SSSR count). The van der Waals surface area contributed by atoms with Crippen LogP contribution in [0, 0.1) is 12.3 Å². The van der Waals surface area contributed by atoms with Crippen molar-refractivity contribution in [3.8, 4) is 62.9 Å². The zero-order valence-electron chi connectivity index (χ0n) is 29.9. The van der Waals surface area contributed by atoms with Crippen LogP contribution in [0.1, 0.15) is 12.6 Å². The molecule has 0 bridgehead atoms. The number of benzene rings is 8. The van der Waals surface area contributed by atoms with Gasteiger partial charge in [0.05, 0.1) is 11.4 Å². The molecule has 0 spiro atoms. The van der Waals surface area contributed by atoms with Gasteiger partial charge in [0.25, 0.3) is 0 Å². The molecule has 2 nitrogen and oxygen atoms in total. The Balaban J connectivity index is 1.27. The molecule has 0 N–H and O–H groups in total. The highest BCUT2D eigenvalue weighted by molar-refractivity contribution is 6.21. The van der Waals surface area contributed by atoms with Crippen molar-refractivity contribution in [1.29, 1.82) is 0 Å². The molecular formula is C52H36N2. The highest BCUT2D eigenvalue weighted by Crippen LogP contribution is 2.45. The predicted octanol–water partition coefficient (Wildman–Crippen LogP) is 13.6. The molecule has 1 heterocycles. The average Bonchev–Trinajstić information content (AvgIpc) is 3.64. The number of rotatable bonds is 7. The standard InChI is InChI=1S/C52H36N2/c1-3-5-18-36(4-2)50-51(39-20-8-6-9-21-39)54(52(53-50)40-22-10-7-11-23-40)43-33-31-38(32-34-43)48-44-25-14-16-27-46(44)49(47-28-17-15-26-45(47)48)42-30-29-37-19-12-13-24-41(37)35-42/h1,4-35H,2H3/b18-5-,36-4+. The molecule has 0 aliphatic carbocycles. The Morgan fingerprint density at radius 1 is 0.537 bits per heavy atom. The minimum Gasteiger partial charge on any atom is -0.292 e. The molecule has 254 valence electrons. The second kappa shape index (κ2) is 14.1. The van der Waals surface area contributed by atoms with Crippen LogP contribution in [-0.2, 0) is 0 Å². The van der Waals surface area contributed by atoms with Gasteiger partial charge in [0.2, 0.25) is 0 Å². The van der Waals surface area contributed by atoms with Crippen LogP contribution in [0.5, 0.6) is 0 Å². The van der Waals surface area contributed by atoms with Crippen molar-refractivity contribution < 1.29 is 0 Å². The Kier molecular flexibility index (Phi) is 8.52. The first kappa shape index (κ1) is 32.7. The molecular weight excluding hydrogens is 653 g/mol. The quantitative estimate of drug-likeness (QED) is 0.0926. The first-order chi connectivity index (χ1) is 26.7. The van der Waals surface area contributed by atoms with Crippen molar-refractivity contribution in [2.75, 3.05) is 0 Å². The van der Waals surface area contributed by atoms with Gasteiger partial charge in [0.1, 0.15) is 5.82 Å². The van der Waals surface area contributed by atoms with Gasteiger partial charge in [0, 0.05) is 16.8 Å². The summed E-state index contributed by atoms with van der Waals surface area (Å²) in [6.45, 7) is 2.03. The molecule has 54 heavy (non-hydrogen) atoms. The lowest BCUT2D eigenvalue weighted by atomic mass is 9.85. The van der Waals surface area contributed by atoms with E-state index < -0.39 is 0 Å². The first-order valence-electron chi connectivity index (χ1n) is 18.3. The second-order valence-electron chi connectivity index (χ2n) is 13.4. The molecule has 9 aromatic rings. The summed E-state index contributed by atoms with van der Waals surface area (Å²) in [7, 11) is 0. The number of allylic oxidation sites excluding steroid dienone is 4. The highest BCUT2D eigenvalue weighted by Gasteiger charge is 2.23. The van der Waals surface area contributed by atoms with Crippen LogP contribution in [0.2, 0.25) is 0 Å². The van der Waals surface area contributed by atoms with Crippen LogP contribution in [0.15, 0.2) is 194 Å². The Morgan fingerprint density at radius 3 is 1.65 bits per heavy atom. The third-order valence-electron chi connectivity index (χ3n) is 10.3. The van der Waals surface area contributed by atoms with Crippen molar-refractivity contribution >= 4 is 37.9 Å². The van der Waals surface area contributed by atoms with E-state index in [9.17, 15) is 0 Å². The molecule has 0 amide bonds. The average molecular weight is 689 g/mol. The maximum absolute atomic E-state index is 5.68. The predicted molar refractivity (Wildman–Crippen MR) is 229 cm³/mol. The van der Waals surface area contributed by atoms with Crippen LogP contribution >= 0.6 is 0 Å². The minimum absolute atomic E-state index is 0.862. The second-order valence-corrected chi connectivity index (χ2v) is 13.4. The zero-order chi connectivity index (χ0) is 36.4. The fraction of sp³-hybridized carbons (Fsp3) is 0.0192. The minimum atomic E-state index is 0.862. The van der Waals surface area contributed by atoms with Gasteiger partial charge in [0.15, 0.2) is 0 Å². The maximum Gasteiger partial charge on any atom is 0.145 e. The lowest BCUT2D eigenvalue weighted by molar-refractivity contribution is 1.07. The number of nitrogens with zero attached hydrogens (tertiary/aromatic N) is 2. The van der Waals surface area contributed by atoms with E-state index in [2.05, 4.69) is 180 Å².